The van der Waals surface area contributed by atoms with E-state index in [2.05, 4.69) is 15.3 Å². The van der Waals surface area contributed by atoms with Gasteiger partial charge in [0, 0.05) is 33.3 Å². The summed E-state index contributed by atoms with van der Waals surface area (Å²) in [7, 11) is 1.62. The SMILES string of the molecule is COc1ccc2nc(SCC(=O)Nc3ccc(-c4csc(-c5ccc(Cl)cc5)n4)cc3)[nH]c2c1. The molecule has 0 fully saturated rings. The fraction of sp³-hybridized carbons (Fsp3) is 0.0800. The van der Waals surface area contributed by atoms with Crippen LogP contribution in [0.3, 0.4) is 0 Å². The van der Waals surface area contributed by atoms with Gasteiger partial charge in [-0.25, -0.2) is 9.97 Å². The van der Waals surface area contributed by atoms with Crippen molar-refractivity contribution < 1.29 is 9.53 Å². The molecule has 0 aliphatic heterocycles. The third-order valence-corrected chi connectivity index (χ3v) is 7.08. The summed E-state index contributed by atoms with van der Waals surface area (Å²) in [6.45, 7) is 0. The van der Waals surface area contributed by atoms with E-state index in [0.29, 0.717) is 10.2 Å². The summed E-state index contributed by atoms with van der Waals surface area (Å²) >= 11 is 8.91. The predicted octanol–water partition coefficient (Wildman–Crippen LogP) is 6.75. The van der Waals surface area contributed by atoms with Gasteiger partial charge in [0.15, 0.2) is 5.16 Å². The number of thioether (sulfide) groups is 1. The monoisotopic (exact) mass is 506 g/mol. The number of thiazole rings is 1. The number of imidazole rings is 1. The molecule has 0 atom stereocenters. The molecule has 2 N–H and O–H groups in total. The van der Waals surface area contributed by atoms with Crippen LogP contribution in [0.5, 0.6) is 5.75 Å². The molecule has 34 heavy (non-hydrogen) atoms. The van der Waals surface area contributed by atoms with Gasteiger partial charge in [0.25, 0.3) is 0 Å². The van der Waals surface area contributed by atoms with Crippen molar-refractivity contribution in [3.05, 3.63) is 77.1 Å². The molecule has 0 aliphatic rings. The first-order valence-corrected chi connectivity index (χ1v) is 12.6. The molecule has 0 radical (unpaired) electrons. The Hall–Kier alpha value is -3.33. The Morgan fingerprint density at radius 2 is 1.82 bits per heavy atom. The summed E-state index contributed by atoms with van der Waals surface area (Å²) in [6, 6.07) is 20.9. The number of aromatic nitrogens is 3. The molecule has 2 heterocycles. The Kier molecular flexibility index (Phi) is 6.53. The second-order valence-corrected chi connectivity index (χ2v) is 9.64. The van der Waals surface area contributed by atoms with Crippen LogP contribution in [0.1, 0.15) is 0 Å². The molecule has 0 spiro atoms. The maximum atomic E-state index is 12.4. The number of ether oxygens (including phenoxy) is 1. The summed E-state index contributed by atoms with van der Waals surface area (Å²) in [5, 5.41) is 7.28. The van der Waals surface area contributed by atoms with E-state index in [4.69, 9.17) is 21.3 Å². The van der Waals surface area contributed by atoms with Crippen LogP contribution >= 0.6 is 34.7 Å². The molecule has 2 aromatic heterocycles. The van der Waals surface area contributed by atoms with Gasteiger partial charge in [-0.05, 0) is 36.4 Å². The molecular weight excluding hydrogens is 488 g/mol. The molecule has 5 rings (SSSR count). The third-order valence-electron chi connectivity index (χ3n) is 5.07. The zero-order valence-electron chi connectivity index (χ0n) is 18.0. The average molecular weight is 507 g/mol. The summed E-state index contributed by atoms with van der Waals surface area (Å²) in [4.78, 5) is 24.9. The summed E-state index contributed by atoms with van der Waals surface area (Å²) in [6.07, 6.45) is 0. The molecule has 0 bridgehead atoms. The fourth-order valence-electron chi connectivity index (χ4n) is 3.35. The number of anilines is 1. The van der Waals surface area contributed by atoms with E-state index in [1.165, 1.54) is 11.8 Å². The van der Waals surface area contributed by atoms with Gasteiger partial charge in [0.05, 0.1) is 29.6 Å². The van der Waals surface area contributed by atoms with Crippen LogP contribution in [0.25, 0.3) is 32.9 Å². The van der Waals surface area contributed by atoms with Crippen molar-refractivity contribution in [2.24, 2.45) is 0 Å². The second-order valence-electron chi connectivity index (χ2n) is 7.38. The smallest absolute Gasteiger partial charge is 0.234 e. The molecule has 3 aromatic carbocycles. The topological polar surface area (TPSA) is 79.9 Å². The highest BCUT2D eigenvalue weighted by Gasteiger charge is 2.10. The lowest BCUT2D eigenvalue weighted by molar-refractivity contribution is -0.113. The number of amides is 1. The molecule has 5 aromatic rings. The van der Waals surface area contributed by atoms with Gasteiger partial charge in [0.2, 0.25) is 5.91 Å². The number of nitrogens with one attached hydrogen (secondary N) is 2. The number of H-pyrrole nitrogens is 1. The van der Waals surface area contributed by atoms with Crippen LogP contribution in [0.4, 0.5) is 5.69 Å². The highest BCUT2D eigenvalue weighted by Crippen LogP contribution is 2.30. The largest absolute Gasteiger partial charge is 0.497 e. The van der Waals surface area contributed by atoms with Gasteiger partial charge in [0.1, 0.15) is 10.8 Å². The molecular formula is C25H19ClN4O2S2. The highest BCUT2D eigenvalue weighted by molar-refractivity contribution is 7.99. The van der Waals surface area contributed by atoms with E-state index in [1.807, 2.05) is 72.1 Å². The van der Waals surface area contributed by atoms with Gasteiger partial charge in [-0.2, -0.15) is 0 Å². The van der Waals surface area contributed by atoms with E-state index in [9.17, 15) is 4.79 Å². The van der Waals surface area contributed by atoms with Gasteiger partial charge >= 0.3 is 0 Å². The van der Waals surface area contributed by atoms with Crippen LogP contribution in [0.15, 0.2) is 77.3 Å². The third kappa shape index (κ3) is 5.09. The zero-order valence-corrected chi connectivity index (χ0v) is 20.4. The zero-order chi connectivity index (χ0) is 23.5. The van der Waals surface area contributed by atoms with Crippen LogP contribution in [-0.2, 0) is 4.79 Å². The van der Waals surface area contributed by atoms with E-state index >= 15 is 0 Å². The number of fused-ring (bicyclic) bond motifs is 1. The molecule has 0 unspecified atom stereocenters. The number of benzene rings is 3. The molecule has 0 aliphatic carbocycles. The van der Waals surface area contributed by atoms with Crippen LogP contribution in [-0.4, -0.2) is 33.7 Å². The normalized spacial score (nSPS) is 11.0. The van der Waals surface area contributed by atoms with Crippen molar-refractivity contribution >= 4 is 57.3 Å². The van der Waals surface area contributed by atoms with E-state index in [-0.39, 0.29) is 11.7 Å². The number of halogens is 1. The fourth-order valence-corrected chi connectivity index (χ4v) is 4.99. The van der Waals surface area contributed by atoms with Crippen molar-refractivity contribution in [2.45, 2.75) is 5.16 Å². The Balaban J connectivity index is 1.19. The van der Waals surface area contributed by atoms with Crippen molar-refractivity contribution in [3.8, 4) is 27.6 Å². The lowest BCUT2D eigenvalue weighted by atomic mass is 10.1. The van der Waals surface area contributed by atoms with E-state index in [0.717, 1.165) is 44.3 Å². The maximum absolute atomic E-state index is 12.4. The van der Waals surface area contributed by atoms with E-state index < -0.39 is 0 Å². The van der Waals surface area contributed by atoms with Gasteiger partial charge in [-0.15, -0.1) is 11.3 Å². The quantitative estimate of drug-likeness (QED) is 0.239. The first-order valence-electron chi connectivity index (χ1n) is 10.4. The molecule has 170 valence electrons. The number of methoxy groups -OCH3 is 1. The predicted molar refractivity (Wildman–Crippen MR) is 140 cm³/mol. The van der Waals surface area contributed by atoms with Crippen molar-refractivity contribution in [3.63, 3.8) is 0 Å². The first-order chi connectivity index (χ1) is 16.6. The van der Waals surface area contributed by atoms with Gasteiger partial charge in [-0.3, -0.25) is 4.79 Å². The lowest BCUT2D eigenvalue weighted by Gasteiger charge is -2.05. The Morgan fingerprint density at radius 3 is 2.59 bits per heavy atom. The number of aromatic amines is 1. The maximum Gasteiger partial charge on any atom is 0.234 e. The Bertz CT molecular complexity index is 1450. The number of hydrogen-bond donors (Lipinski definition) is 2. The van der Waals surface area contributed by atoms with Gasteiger partial charge < -0.3 is 15.0 Å². The van der Waals surface area contributed by atoms with Crippen LogP contribution < -0.4 is 10.1 Å². The van der Waals surface area contributed by atoms with Crippen molar-refractivity contribution in [1.29, 1.82) is 0 Å². The summed E-state index contributed by atoms with van der Waals surface area (Å²) in [5.74, 6) is 0.900. The van der Waals surface area contributed by atoms with E-state index in [1.54, 1.807) is 18.4 Å². The number of carbonyl (C=O) groups is 1. The summed E-state index contributed by atoms with van der Waals surface area (Å²) < 4.78 is 5.23. The van der Waals surface area contributed by atoms with Gasteiger partial charge in [-0.1, -0.05) is 47.6 Å². The Labute approximate surface area is 209 Å². The van der Waals surface area contributed by atoms with Crippen molar-refractivity contribution in [1.82, 2.24) is 15.0 Å². The molecule has 0 saturated heterocycles. The number of carbonyl (C=O) groups excluding carboxylic acids is 1. The lowest BCUT2D eigenvalue weighted by Crippen LogP contribution is -2.14. The minimum absolute atomic E-state index is 0.102. The highest BCUT2D eigenvalue weighted by atomic mass is 35.5. The average Bonchev–Trinajstić information content (AvgIpc) is 3.50. The van der Waals surface area contributed by atoms with Crippen molar-refractivity contribution in [2.75, 3.05) is 18.2 Å². The Morgan fingerprint density at radius 1 is 1.06 bits per heavy atom. The number of nitrogens with zero attached hydrogens (tertiary/aromatic N) is 2. The summed E-state index contributed by atoms with van der Waals surface area (Å²) in [5.41, 5.74) is 5.36. The molecule has 6 nitrogen and oxygen atoms in total. The minimum Gasteiger partial charge on any atom is -0.497 e. The number of rotatable bonds is 7. The molecule has 1 amide bonds. The minimum atomic E-state index is -0.102. The standard InChI is InChI=1S/C25H19ClN4O2S2/c1-32-19-10-11-20-21(12-19)30-25(29-20)34-14-23(31)27-18-8-4-15(5-9-18)22-13-33-24(28-22)16-2-6-17(26)7-3-16/h2-13H,14H2,1H3,(H,27,31)(H,29,30). The van der Waals surface area contributed by atoms with Crippen LogP contribution in [0, 0.1) is 0 Å². The second kappa shape index (κ2) is 9.89. The molecule has 0 saturated carbocycles. The van der Waals surface area contributed by atoms with Crippen LogP contribution in [0.2, 0.25) is 5.02 Å². The number of hydrogen-bond acceptors (Lipinski definition) is 6. The molecule has 9 heteroatoms. The first kappa shape index (κ1) is 22.5.